The molecule has 2 rings (SSSR count). The van der Waals surface area contributed by atoms with E-state index in [9.17, 15) is 0 Å². The van der Waals surface area contributed by atoms with Crippen molar-refractivity contribution in [3.8, 4) is 5.75 Å². The molecule has 0 atom stereocenters. The van der Waals surface area contributed by atoms with E-state index in [2.05, 4.69) is 43.7 Å². The maximum Gasteiger partial charge on any atom is 0.145 e. The van der Waals surface area contributed by atoms with Crippen LogP contribution in [-0.4, -0.2) is 17.1 Å². The molecule has 0 amide bonds. The number of fused-ring (bicyclic) bond motifs is 1. The Balaban J connectivity index is 2.87. The normalized spacial score (nSPS) is 11.9. The second kappa shape index (κ2) is 4.23. The number of hydrogen-bond acceptors (Lipinski definition) is 3. The predicted octanol–water partition coefficient (Wildman–Crippen LogP) is 3.55. The highest BCUT2D eigenvalue weighted by molar-refractivity contribution is 5.88. The Morgan fingerprint density at radius 3 is 2.39 bits per heavy atom. The van der Waals surface area contributed by atoms with Gasteiger partial charge in [0.2, 0.25) is 0 Å². The smallest absolute Gasteiger partial charge is 0.145 e. The molecule has 0 fully saturated rings. The van der Waals surface area contributed by atoms with Gasteiger partial charge in [0.15, 0.2) is 0 Å². The average Bonchev–Trinajstić information content (AvgIpc) is 2.27. The highest BCUT2D eigenvalue weighted by Gasteiger charge is 2.20. The van der Waals surface area contributed by atoms with Gasteiger partial charge in [-0.25, -0.2) is 9.97 Å². The number of aromatic nitrogens is 2. The molecule has 0 aliphatic carbocycles. The standard InChI is InChI=1S/C15H20N2O/c1-9-11-8-16-10(2)17-14(11)13(18-6)7-12(9)15(3,4)5/h7-8H,1-6H3. The second-order valence-electron chi connectivity index (χ2n) is 5.68. The third-order valence-electron chi connectivity index (χ3n) is 3.25. The minimum absolute atomic E-state index is 0.0798. The van der Waals surface area contributed by atoms with Gasteiger partial charge in [-0.1, -0.05) is 20.8 Å². The van der Waals surface area contributed by atoms with Crippen molar-refractivity contribution in [3.63, 3.8) is 0 Å². The minimum atomic E-state index is 0.0798. The zero-order valence-corrected chi connectivity index (χ0v) is 12.0. The lowest BCUT2D eigenvalue weighted by Crippen LogP contribution is -2.14. The van der Waals surface area contributed by atoms with Crippen LogP contribution in [0.3, 0.4) is 0 Å². The van der Waals surface area contributed by atoms with E-state index in [-0.39, 0.29) is 5.41 Å². The van der Waals surface area contributed by atoms with E-state index >= 15 is 0 Å². The molecule has 3 nitrogen and oxygen atoms in total. The Bertz CT molecular complexity index is 597. The molecule has 1 heterocycles. The molecule has 0 aliphatic heterocycles. The molecule has 0 bridgehead atoms. The largest absolute Gasteiger partial charge is 0.494 e. The van der Waals surface area contributed by atoms with Gasteiger partial charge in [0.1, 0.15) is 17.1 Å². The molecular weight excluding hydrogens is 224 g/mol. The molecular formula is C15H20N2O. The van der Waals surface area contributed by atoms with Crippen LogP contribution >= 0.6 is 0 Å². The SMILES string of the molecule is COc1cc(C(C)(C)C)c(C)c2cnc(C)nc12. The molecule has 0 spiro atoms. The summed E-state index contributed by atoms with van der Waals surface area (Å²) in [5, 5.41) is 1.07. The summed E-state index contributed by atoms with van der Waals surface area (Å²) in [5.41, 5.74) is 3.49. The van der Waals surface area contributed by atoms with Crippen molar-refractivity contribution in [2.75, 3.05) is 7.11 Å². The van der Waals surface area contributed by atoms with E-state index < -0.39 is 0 Å². The molecule has 0 saturated heterocycles. The zero-order valence-electron chi connectivity index (χ0n) is 12.0. The lowest BCUT2D eigenvalue weighted by atomic mass is 9.83. The number of methoxy groups -OCH3 is 1. The van der Waals surface area contributed by atoms with Crippen molar-refractivity contribution >= 4 is 10.9 Å². The second-order valence-corrected chi connectivity index (χ2v) is 5.68. The average molecular weight is 244 g/mol. The predicted molar refractivity (Wildman–Crippen MR) is 74.3 cm³/mol. The van der Waals surface area contributed by atoms with E-state index in [4.69, 9.17) is 4.74 Å². The summed E-state index contributed by atoms with van der Waals surface area (Å²) < 4.78 is 5.48. The number of nitrogens with zero attached hydrogens (tertiary/aromatic N) is 2. The van der Waals surface area contributed by atoms with Gasteiger partial charge in [0.05, 0.1) is 7.11 Å². The monoisotopic (exact) mass is 244 g/mol. The molecule has 0 radical (unpaired) electrons. The van der Waals surface area contributed by atoms with Crippen LogP contribution in [-0.2, 0) is 5.41 Å². The molecule has 0 N–H and O–H groups in total. The summed E-state index contributed by atoms with van der Waals surface area (Å²) in [6.07, 6.45) is 1.89. The van der Waals surface area contributed by atoms with E-state index in [1.807, 2.05) is 13.1 Å². The molecule has 0 saturated carbocycles. The van der Waals surface area contributed by atoms with Crippen LogP contribution in [0.25, 0.3) is 10.9 Å². The van der Waals surface area contributed by atoms with Crippen molar-refractivity contribution in [1.82, 2.24) is 9.97 Å². The third-order valence-corrected chi connectivity index (χ3v) is 3.25. The maximum absolute atomic E-state index is 5.48. The van der Waals surface area contributed by atoms with Gasteiger partial charge in [0, 0.05) is 11.6 Å². The lowest BCUT2D eigenvalue weighted by Gasteiger charge is -2.23. The van der Waals surface area contributed by atoms with E-state index in [1.165, 1.54) is 11.1 Å². The van der Waals surface area contributed by atoms with Gasteiger partial charge in [0.25, 0.3) is 0 Å². The van der Waals surface area contributed by atoms with Crippen molar-refractivity contribution in [3.05, 3.63) is 29.2 Å². The summed E-state index contributed by atoms with van der Waals surface area (Å²) in [6.45, 7) is 10.6. The molecule has 0 unspecified atom stereocenters. The van der Waals surface area contributed by atoms with Crippen molar-refractivity contribution < 1.29 is 4.74 Å². The number of benzene rings is 1. The van der Waals surface area contributed by atoms with Crippen LogP contribution in [0.4, 0.5) is 0 Å². The minimum Gasteiger partial charge on any atom is -0.494 e. The highest BCUT2D eigenvalue weighted by atomic mass is 16.5. The van der Waals surface area contributed by atoms with Crippen LogP contribution in [0, 0.1) is 13.8 Å². The number of aryl methyl sites for hydroxylation is 2. The van der Waals surface area contributed by atoms with Gasteiger partial charge in [-0.15, -0.1) is 0 Å². The Hall–Kier alpha value is -1.64. The fraction of sp³-hybridized carbons (Fsp3) is 0.467. The summed E-state index contributed by atoms with van der Waals surface area (Å²) in [5.74, 6) is 1.59. The topological polar surface area (TPSA) is 35.0 Å². The Morgan fingerprint density at radius 1 is 1.17 bits per heavy atom. The molecule has 0 aliphatic rings. The Kier molecular flexibility index (Phi) is 3.01. The number of rotatable bonds is 1. The van der Waals surface area contributed by atoms with Gasteiger partial charge in [-0.2, -0.15) is 0 Å². The summed E-state index contributed by atoms with van der Waals surface area (Å²) in [7, 11) is 1.69. The van der Waals surface area contributed by atoms with E-state index in [0.29, 0.717) is 0 Å². The van der Waals surface area contributed by atoms with Gasteiger partial charge >= 0.3 is 0 Å². The zero-order chi connectivity index (χ0) is 13.5. The van der Waals surface area contributed by atoms with Crippen LogP contribution in [0.15, 0.2) is 12.3 Å². The van der Waals surface area contributed by atoms with Crippen molar-refractivity contribution in [1.29, 1.82) is 0 Å². The molecule has 96 valence electrons. The summed E-state index contributed by atoms with van der Waals surface area (Å²) in [6, 6.07) is 2.10. The highest BCUT2D eigenvalue weighted by Crippen LogP contribution is 2.35. The molecule has 1 aromatic carbocycles. The first-order chi connectivity index (χ1) is 8.34. The Morgan fingerprint density at radius 2 is 1.83 bits per heavy atom. The lowest BCUT2D eigenvalue weighted by molar-refractivity contribution is 0.416. The first kappa shape index (κ1) is 12.8. The van der Waals surface area contributed by atoms with Crippen LogP contribution < -0.4 is 4.74 Å². The molecule has 3 heteroatoms. The van der Waals surface area contributed by atoms with Crippen LogP contribution in [0.5, 0.6) is 5.75 Å². The van der Waals surface area contributed by atoms with Crippen molar-refractivity contribution in [2.45, 2.75) is 40.0 Å². The van der Waals surface area contributed by atoms with Gasteiger partial charge < -0.3 is 4.74 Å². The van der Waals surface area contributed by atoms with Crippen molar-refractivity contribution in [2.24, 2.45) is 0 Å². The molecule has 1 aromatic heterocycles. The first-order valence-corrected chi connectivity index (χ1v) is 6.16. The van der Waals surface area contributed by atoms with Gasteiger partial charge in [-0.05, 0) is 36.5 Å². The van der Waals surface area contributed by atoms with Crippen LogP contribution in [0.2, 0.25) is 0 Å². The third kappa shape index (κ3) is 2.05. The van der Waals surface area contributed by atoms with Gasteiger partial charge in [-0.3, -0.25) is 0 Å². The quantitative estimate of drug-likeness (QED) is 0.769. The fourth-order valence-corrected chi connectivity index (χ4v) is 2.32. The molecule has 2 aromatic rings. The molecule has 18 heavy (non-hydrogen) atoms. The van der Waals surface area contributed by atoms with E-state index in [0.717, 1.165) is 22.5 Å². The number of hydrogen-bond donors (Lipinski definition) is 0. The maximum atomic E-state index is 5.48. The van der Waals surface area contributed by atoms with E-state index in [1.54, 1.807) is 7.11 Å². The van der Waals surface area contributed by atoms with Crippen LogP contribution in [0.1, 0.15) is 37.7 Å². The Labute approximate surface area is 108 Å². The summed E-state index contributed by atoms with van der Waals surface area (Å²) in [4.78, 5) is 8.79. The first-order valence-electron chi connectivity index (χ1n) is 6.16. The fourth-order valence-electron chi connectivity index (χ4n) is 2.32. The number of ether oxygens (including phenoxy) is 1. The summed E-state index contributed by atoms with van der Waals surface area (Å²) >= 11 is 0.